The third kappa shape index (κ3) is 9.08. The van der Waals surface area contributed by atoms with Gasteiger partial charge in [0.1, 0.15) is 0 Å². The summed E-state index contributed by atoms with van der Waals surface area (Å²) < 4.78 is 0. The Morgan fingerprint density at radius 3 is 0.650 bits per heavy atom. The first-order chi connectivity index (χ1) is 49.7. The van der Waals surface area contributed by atoms with Crippen molar-refractivity contribution >= 4 is 97.0 Å². The van der Waals surface area contributed by atoms with E-state index in [0.717, 1.165) is 33.4 Å². The largest absolute Gasteiger partial charge is 0.0622 e. The zero-order chi connectivity index (χ0) is 65.8. The molecule has 100 heavy (non-hydrogen) atoms. The van der Waals surface area contributed by atoms with Crippen molar-refractivity contribution in [3.63, 3.8) is 0 Å². The van der Waals surface area contributed by atoms with Crippen LogP contribution in [0.15, 0.2) is 376 Å². The molecular formula is C100H62. The van der Waals surface area contributed by atoms with Gasteiger partial charge in [-0.1, -0.05) is 352 Å². The van der Waals surface area contributed by atoms with Crippen LogP contribution < -0.4 is 0 Å². The SMILES string of the molecule is c1ccc(-c2c(-c3ccccc3)c(-c3ccccc3)c3c4cccc5c6c(-c7ccccc7)c(-c7cccc(-c8ccc9c(ccc%10ccccc%109)c8)c7)c(-c7cccc(-c8ccc9c(ccc%10ccccc%109)c8)c7)c(-c7ccccc7)c6c6cccc(c3c2-c2ccccc2)c6c45)cc1. The van der Waals surface area contributed by atoms with E-state index < -0.39 is 0 Å². The first kappa shape index (κ1) is 57.3. The van der Waals surface area contributed by atoms with Gasteiger partial charge in [-0.2, -0.15) is 0 Å². The Labute approximate surface area is 580 Å². The highest BCUT2D eigenvalue weighted by Gasteiger charge is 2.32. The van der Waals surface area contributed by atoms with Crippen LogP contribution >= 0.6 is 0 Å². The highest BCUT2D eigenvalue weighted by molar-refractivity contribution is 6.46. The van der Waals surface area contributed by atoms with E-state index in [9.17, 15) is 0 Å². The Kier molecular flexibility index (Phi) is 13.4. The highest BCUT2D eigenvalue weighted by atomic mass is 14.3. The second-order valence-corrected chi connectivity index (χ2v) is 26.8. The van der Waals surface area contributed by atoms with E-state index in [1.165, 1.54) is 175 Å². The van der Waals surface area contributed by atoms with Gasteiger partial charge >= 0.3 is 0 Å². The first-order valence-electron chi connectivity index (χ1n) is 34.8. The molecule has 0 heteroatoms. The highest BCUT2D eigenvalue weighted by Crippen LogP contribution is 2.60. The average Bonchev–Trinajstić information content (AvgIpc) is 0.674. The Balaban J connectivity index is 0.994. The van der Waals surface area contributed by atoms with Gasteiger partial charge in [0, 0.05) is 0 Å². The number of fused-ring (bicyclic) bond motifs is 12. The molecule has 0 radical (unpaired) electrons. The Bertz CT molecular complexity index is 6230. The Morgan fingerprint density at radius 2 is 0.320 bits per heavy atom. The minimum Gasteiger partial charge on any atom is -0.0622 e. The molecule has 0 N–H and O–H groups in total. The third-order valence-corrected chi connectivity index (χ3v) is 21.3. The van der Waals surface area contributed by atoms with Gasteiger partial charge in [0.2, 0.25) is 0 Å². The molecule has 0 aliphatic carbocycles. The number of benzene rings is 20. The summed E-state index contributed by atoms with van der Waals surface area (Å²) in [6.07, 6.45) is 0. The molecule has 0 nitrogen and oxygen atoms in total. The van der Waals surface area contributed by atoms with Gasteiger partial charge in [0.15, 0.2) is 0 Å². The molecule has 0 spiro atoms. The lowest BCUT2D eigenvalue weighted by molar-refractivity contribution is 1.56. The van der Waals surface area contributed by atoms with Crippen LogP contribution in [0.3, 0.4) is 0 Å². The van der Waals surface area contributed by atoms with Crippen LogP contribution in [0, 0.1) is 0 Å². The van der Waals surface area contributed by atoms with Crippen molar-refractivity contribution < 1.29 is 0 Å². The molecule has 0 fully saturated rings. The predicted octanol–water partition coefficient (Wildman–Crippen LogP) is 28.2. The summed E-state index contributed by atoms with van der Waals surface area (Å²) in [5, 5.41) is 22.3. The molecule has 20 aromatic rings. The number of hydrogen-bond donors (Lipinski definition) is 0. The molecule has 0 saturated carbocycles. The smallest absolute Gasteiger partial charge is 0.000718 e. The second kappa shape index (κ2) is 23.4. The topological polar surface area (TPSA) is 0 Å². The van der Waals surface area contributed by atoms with Crippen molar-refractivity contribution in [1.29, 1.82) is 0 Å². The lowest BCUT2D eigenvalue weighted by Gasteiger charge is -2.29. The van der Waals surface area contributed by atoms with Crippen molar-refractivity contribution in [3.05, 3.63) is 376 Å². The van der Waals surface area contributed by atoms with Crippen LogP contribution in [0.2, 0.25) is 0 Å². The van der Waals surface area contributed by atoms with Crippen LogP contribution in [0.25, 0.3) is 208 Å². The summed E-state index contributed by atoms with van der Waals surface area (Å²) in [6, 6.07) is 141. The van der Waals surface area contributed by atoms with Crippen molar-refractivity contribution in [1.82, 2.24) is 0 Å². The zero-order valence-electron chi connectivity index (χ0n) is 54.8. The van der Waals surface area contributed by atoms with Gasteiger partial charge in [-0.05, 0) is 232 Å². The Morgan fingerprint density at radius 1 is 0.100 bits per heavy atom. The lowest BCUT2D eigenvalue weighted by Crippen LogP contribution is -2.02. The third-order valence-electron chi connectivity index (χ3n) is 21.3. The Hall–Kier alpha value is -13.0. The van der Waals surface area contributed by atoms with Crippen LogP contribution in [-0.4, -0.2) is 0 Å². The van der Waals surface area contributed by atoms with Gasteiger partial charge in [0.05, 0.1) is 0 Å². The van der Waals surface area contributed by atoms with Gasteiger partial charge in [-0.25, -0.2) is 0 Å². The van der Waals surface area contributed by atoms with E-state index in [1.54, 1.807) is 0 Å². The fourth-order valence-corrected chi connectivity index (χ4v) is 17.1. The molecule has 20 aromatic carbocycles. The molecule has 0 aliphatic rings. The van der Waals surface area contributed by atoms with E-state index >= 15 is 0 Å². The maximum Gasteiger partial charge on any atom is -0.000718 e. The molecule has 0 aliphatic heterocycles. The standard InChI is InChI=1S/C100H62/c1-7-29-65(30-8-1)87-88(66-31-9-2-10-32-66)90(68-35-13-4-14-36-68)98-84-48-26-50-86-96(84)95-83(97(98)89(87)67-33-11-3-12-34-67)47-25-49-85(95)99-91(69-37-15-5-16-38-69)93(77-43-23-41-71(61-77)73-55-57-81-75(59-73)53-51-63-27-19-21-45-79(63)81)94(92(100(86)99)70-39-17-6-18-40-70)78-44-24-42-72(62-78)74-56-58-82-76(60-74)54-52-64-28-20-22-46-80(64)82/h1-62H. The van der Waals surface area contributed by atoms with Crippen molar-refractivity contribution in [3.8, 4) is 111 Å². The molecule has 0 heterocycles. The summed E-state index contributed by atoms with van der Waals surface area (Å²) in [6.45, 7) is 0. The van der Waals surface area contributed by atoms with E-state index in [4.69, 9.17) is 0 Å². The summed E-state index contributed by atoms with van der Waals surface area (Å²) in [7, 11) is 0. The normalized spacial score (nSPS) is 11.8. The van der Waals surface area contributed by atoms with Gasteiger partial charge in [0.25, 0.3) is 0 Å². The molecule has 0 saturated heterocycles. The van der Waals surface area contributed by atoms with Crippen LogP contribution in [0.4, 0.5) is 0 Å². The van der Waals surface area contributed by atoms with Crippen LogP contribution in [0.1, 0.15) is 0 Å². The lowest BCUT2D eigenvalue weighted by atomic mass is 9.73. The van der Waals surface area contributed by atoms with Crippen molar-refractivity contribution in [2.24, 2.45) is 0 Å². The zero-order valence-corrected chi connectivity index (χ0v) is 54.8. The molecule has 0 unspecified atom stereocenters. The molecule has 0 aromatic heterocycles. The van der Waals surface area contributed by atoms with E-state index in [2.05, 4.69) is 376 Å². The summed E-state index contributed by atoms with van der Waals surface area (Å²) in [5.74, 6) is 0. The van der Waals surface area contributed by atoms with Crippen molar-refractivity contribution in [2.45, 2.75) is 0 Å². The summed E-state index contributed by atoms with van der Waals surface area (Å²) >= 11 is 0. The molecule has 0 amide bonds. The molecule has 462 valence electrons. The van der Waals surface area contributed by atoms with E-state index in [1.807, 2.05) is 0 Å². The molecule has 20 rings (SSSR count). The summed E-state index contributed by atoms with van der Waals surface area (Å²) in [4.78, 5) is 0. The first-order valence-corrected chi connectivity index (χ1v) is 34.8. The fraction of sp³-hybridized carbons (Fsp3) is 0. The number of rotatable bonds is 10. The minimum atomic E-state index is 1.14. The maximum atomic E-state index is 2.48. The monoisotopic (exact) mass is 1260 g/mol. The van der Waals surface area contributed by atoms with Gasteiger partial charge < -0.3 is 0 Å². The quantitative estimate of drug-likeness (QED) is 0.0946. The van der Waals surface area contributed by atoms with Crippen molar-refractivity contribution in [2.75, 3.05) is 0 Å². The average molecular weight is 1260 g/mol. The molecular weight excluding hydrogens is 1200 g/mol. The van der Waals surface area contributed by atoms with Crippen LogP contribution in [0.5, 0.6) is 0 Å². The predicted molar refractivity (Wildman–Crippen MR) is 430 cm³/mol. The number of hydrogen-bond acceptors (Lipinski definition) is 0. The van der Waals surface area contributed by atoms with E-state index in [0.29, 0.717) is 0 Å². The van der Waals surface area contributed by atoms with E-state index in [-0.39, 0.29) is 0 Å². The fourth-order valence-electron chi connectivity index (χ4n) is 17.1. The van der Waals surface area contributed by atoms with Crippen LogP contribution in [-0.2, 0) is 0 Å². The molecule has 0 bridgehead atoms. The van der Waals surface area contributed by atoms with Gasteiger partial charge in [-0.15, -0.1) is 0 Å². The van der Waals surface area contributed by atoms with Gasteiger partial charge in [-0.3, -0.25) is 0 Å². The second-order valence-electron chi connectivity index (χ2n) is 26.8. The summed E-state index contributed by atoms with van der Waals surface area (Å²) in [5.41, 5.74) is 23.6. The minimum absolute atomic E-state index is 1.14. The maximum absolute atomic E-state index is 2.48. The molecule has 0 atom stereocenters.